The lowest BCUT2D eigenvalue weighted by atomic mass is 9.92. The lowest BCUT2D eigenvalue weighted by Gasteiger charge is -2.38. The number of aromatic nitrogens is 1. The van der Waals surface area contributed by atoms with Crippen LogP contribution in [0.1, 0.15) is 26.3 Å². The zero-order valence-electron chi connectivity index (χ0n) is 12.4. The molecular weight excluding hydrogens is 383 g/mol. The topological polar surface area (TPSA) is 59.5 Å². The third-order valence-electron chi connectivity index (χ3n) is 3.20. The van der Waals surface area contributed by atoms with Crippen molar-refractivity contribution < 1.29 is 14.3 Å². The molecule has 1 fully saturated rings. The number of ether oxygens (including phenoxy) is 1. The van der Waals surface area contributed by atoms with Crippen molar-refractivity contribution in [1.29, 1.82) is 0 Å². The van der Waals surface area contributed by atoms with Gasteiger partial charge in [0.05, 0.1) is 5.92 Å². The monoisotopic (exact) mass is 402 g/mol. The molecule has 0 saturated carbocycles. The molecular formula is C15H19IN2O3. The summed E-state index contributed by atoms with van der Waals surface area (Å²) in [6, 6.07) is 1.89. The number of carbonyl (C=O) groups excluding carboxylic acids is 2. The van der Waals surface area contributed by atoms with Gasteiger partial charge < -0.3 is 9.64 Å². The predicted octanol–water partition coefficient (Wildman–Crippen LogP) is 2.66. The minimum absolute atomic E-state index is 0.0893. The molecule has 21 heavy (non-hydrogen) atoms. The molecule has 6 heteroatoms. The van der Waals surface area contributed by atoms with E-state index >= 15 is 0 Å². The molecule has 0 bridgehead atoms. The lowest BCUT2D eigenvalue weighted by molar-refractivity contribution is -0.126. The number of likely N-dealkylation sites (tertiary alicyclic amines) is 1. The van der Waals surface area contributed by atoms with Gasteiger partial charge in [-0.1, -0.05) is 0 Å². The van der Waals surface area contributed by atoms with E-state index in [-0.39, 0.29) is 17.8 Å². The summed E-state index contributed by atoms with van der Waals surface area (Å²) in [5, 5.41) is 0. The molecule has 0 unspecified atom stereocenters. The van der Waals surface area contributed by atoms with Gasteiger partial charge in [-0.2, -0.15) is 0 Å². The number of Topliss-reactive ketones (excluding diaryl/α,β-unsaturated/α-hetero) is 1. The molecule has 1 saturated heterocycles. The van der Waals surface area contributed by atoms with E-state index in [0.717, 1.165) is 9.13 Å². The standard InChI is InChI=1S/C15H19IN2O3/c1-15(2,3)21-14(20)18-8-11(9-18)13(19)6-10-7-17-5-4-12(10)16/h4-5,7,11H,6,8-9H2,1-3H3. The Balaban J connectivity index is 1.83. The highest BCUT2D eigenvalue weighted by molar-refractivity contribution is 14.1. The molecule has 0 spiro atoms. The first kappa shape index (κ1) is 16.2. The summed E-state index contributed by atoms with van der Waals surface area (Å²) in [7, 11) is 0. The van der Waals surface area contributed by atoms with Crippen LogP contribution in [0.2, 0.25) is 0 Å². The zero-order chi connectivity index (χ0) is 15.6. The fraction of sp³-hybridized carbons (Fsp3) is 0.533. The van der Waals surface area contributed by atoms with E-state index in [4.69, 9.17) is 4.74 Å². The van der Waals surface area contributed by atoms with E-state index in [1.54, 1.807) is 17.3 Å². The fourth-order valence-electron chi connectivity index (χ4n) is 2.03. The molecule has 114 valence electrons. The van der Waals surface area contributed by atoms with Crippen LogP contribution in [0.4, 0.5) is 4.79 Å². The van der Waals surface area contributed by atoms with Crippen LogP contribution in [0.25, 0.3) is 0 Å². The summed E-state index contributed by atoms with van der Waals surface area (Å²) in [6.07, 6.45) is 3.47. The third kappa shape index (κ3) is 4.39. The van der Waals surface area contributed by atoms with Gasteiger partial charge in [-0.15, -0.1) is 0 Å². The molecule has 1 amide bonds. The van der Waals surface area contributed by atoms with E-state index < -0.39 is 5.60 Å². The Labute approximate surface area is 138 Å². The molecule has 0 aromatic carbocycles. The largest absolute Gasteiger partial charge is 0.444 e. The minimum Gasteiger partial charge on any atom is -0.444 e. The van der Waals surface area contributed by atoms with Crippen molar-refractivity contribution in [3.63, 3.8) is 0 Å². The summed E-state index contributed by atoms with van der Waals surface area (Å²) in [5.41, 5.74) is 0.441. The van der Waals surface area contributed by atoms with Crippen LogP contribution >= 0.6 is 22.6 Å². The number of rotatable bonds is 3. The molecule has 1 aliphatic heterocycles. The maximum absolute atomic E-state index is 12.2. The summed E-state index contributed by atoms with van der Waals surface area (Å²) in [4.78, 5) is 29.6. The van der Waals surface area contributed by atoms with Crippen molar-refractivity contribution in [2.45, 2.75) is 32.8 Å². The van der Waals surface area contributed by atoms with Crippen molar-refractivity contribution >= 4 is 34.5 Å². The fourth-order valence-corrected chi connectivity index (χ4v) is 2.52. The number of ketones is 1. The third-order valence-corrected chi connectivity index (χ3v) is 4.25. The Hall–Kier alpha value is -1.18. The van der Waals surface area contributed by atoms with Crippen LogP contribution in [0.5, 0.6) is 0 Å². The number of hydrogen-bond acceptors (Lipinski definition) is 4. The van der Waals surface area contributed by atoms with Crippen LogP contribution in [0.3, 0.4) is 0 Å². The van der Waals surface area contributed by atoms with Gasteiger partial charge in [0.1, 0.15) is 11.4 Å². The van der Waals surface area contributed by atoms with Crippen molar-refractivity contribution in [3.05, 3.63) is 27.6 Å². The van der Waals surface area contributed by atoms with Gasteiger partial charge in [-0.3, -0.25) is 9.78 Å². The van der Waals surface area contributed by atoms with Gasteiger partial charge >= 0.3 is 6.09 Å². The van der Waals surface area contributed by atoms with Gasteiger partial charge in [-0.25, -0.2) is 4.79 Å². The van der Waals surface area contributed by atoms with E-state index in [1.165, 1.54) is 0 Å². The molecule has 0 aliphatic carbocycles. The Morgan fingerprint density at radius 1 is 1.43 bits per heavy atom. The van der Waals surface area contributed by atoms with Crippen LogP contribution in [0, 0.1) is 9.49 Å². The van der Waals surface area contributed by atoms with Crippen molar-refractivity contribution in [2.24, 2.45) is 5.92 Å². The molecule has 5 nitrogen and oxygen atoms in total. The number of pyridine rings is 1. The van der Waals surface area contributed by atoms with E-state index in [1.807, 2.05) is 26.8 Å². The highest BCUT2D eigenvalue weighted by Crippen LogP contribution is 2.22. The zero-order valence-corrected chi connectivity index (χ0v) is 14.6. The molecule has 2 rings (SSSR count). The highest BCUT2D eigenvalue weighted by Gasteiger charge is 2.37. The number of hydrogen-bond donors (Lipinski definition) is 0. The average Bonchev–Trinajstić information content (AvgIpc) is 2.27. The molecule has 0 atom stereocenters. The lowest BCUT2D eigenvalue weighted by Crippen LogP contribution is -2.54. The Bertz CT molecular complexity index is 548. The first-order valence-corrected chi connectivity index (χ1v) is 7.93. The van der Waals surface area contributed by atoms with Crippen molar-refractivity contribution in [2.75, 3.05) is 13.1 Å². The van der Waals surface area contributed by atoms with Gasteiger partial charge in [-0.05, 0) is 55.0 Å². The first-order chi connectivity index (χ1) is 9.76. The summed E-state index contributed by atoms with van der Waals surface area (Å²) >= 11 is 2.20. The summed E-state index contributed by atoms with van der Waals surface area (Å²) in [5.74, 6) is 0.0641. The normalized spacial score (nSPS) is 15.5. The number of carbonyl (C=O) groups is 2. The second-order valence-corrected chi connectivity index (χ2v) is 7.35. The number of nitrogens with zero attached hydrogens (tertiary/aromatic N) is 2. The van der Waals surface area contributed by atoms with E-state index in [9.17, 15) is 9.59 Å². The van der Waals surface area contributed by atoms with Crippen LogP contribution in [-0.4, -0.2) is 40.5 Å². The molecule has 0 N–H and O–H groups in total. The van der Waals surface area contributed by atoms with Crippen molar-refractivity contribution in [1.82, 2.24) is 9.88 Å². The molecule has 1 aliphatic rings. The summed E-state index contributed by atoms with van der Waals surface area (Å²) in [6.45, 7) is 6.39. The van der Waals surface area contributed by atoms with Gasteiger partial charge in [0.25, 0.3) is 0 Å². The summed E-state index contributed by atoms with van der Waals surface area (Å²) < 4.78 is 6.31. The molecule has 0 radical (unpaired) electrons. The second-order valence-electron chi connectivity index (χ2n) is 6.19. The van der Waals surface area contributed by atoms with Gasteiger partial charge in [0, 0.05) is 35.5 Å². The van der Waals surface area contributed by atoms with Crippen LogP contribution in [0.15, 0.2) is 18.5 Å². The van der Waals surface area contributed by atoms with Gasteiger partial charge in [0.2, 0.25) is 0 Å². The predicted molar refractivity (Wildman–Crippen MR) is 87.0 cm³/mol. The highest BCUT2D eigenvalue weighted by atomic mass is 127. The van der Waals surface area contributed by atoms with Crippen molar-refractivity contribution in [3.8, 4) is 0 Å². The van der Waals surface area contributed by atoms with Crippen LogP contribution < -0.4 is 0 Å². The minimum atomic E-state index is -0.502. The maximum atomic E-state index is 12.2. The number of amides is 1. The first-order valence-electron chi connectivity index (χ1n) is 6.85. The van der Waals surface area contributed by atoms with Gasteiger partial charge in [0.15, 0.2) is 0 Å². The number of halogens is 1. The Morgan fingerprint density at radius 3 is 2.67 bits per heavy atom. The average molecular weight is 402 g/mol. The Kier molecular flexibility index (Phi) is 4.85. The smallest absolute Gasteiger partial charge is 0.410 e. The molecule has 1 aromatic rings. The maximum Gasteiger partial charge on any atom is 0.410 e. The molecule has 2 heterocycles. The quantitative estimate of drug-likeness (QED) is 0.730. The second kappa shape index (κ2) is 6.29. The molecule has 1 aromatic heterocycles. The van der Waals surface area contributed by atoms with E-state index in [0.29, 0.717) is 19.5 Å². The Morgan fingerprint density at radius 2 is 2.10 bits per heavy atom. The SMILES string of the molecule is CC(C)(C)OC(=O)N1CC(C(=O)Cc2cnccc2I)C1. The van der Waals surface area contributed by atoms with E-state index in [2.05, 4.69) is 27.6 Å². The van der Waals surface area contributed by atoms with Crippen LogP contribution in [-0.2, 0) is 16.0 Å².